The number of halogens is 1. The summed E-state index contributed by atoms with van der Waals surface area (Å²) in [6.45, 7) is 3.90. The van der Waals surface area contributed by atoms with Gasteiger partial charge in [-0.25, -0.2) is 4.39 Å². The third-order valence-electron chi connectivity index (χ3n) is 3.35. The minimum atomic E-state index is -0.619. The predicted octanol–water partition coefficient (Wildman–Crippen LogP) is 3.13. The summed E-state index contributed by atoms with van der Waals surface area (Å²) in [6, 6.07) is 13.1. The number of benzene rings is 2. The van der Waals surface area contributed by atoms with Crippen molar-refractivity contribution in [1.29, 1.82) is 5.26 Å². The Morgan fingerprint density at radius 1 is 1.14 bits per heavy atom. The van der Waals surface area contributed by atoms with E-state index >= 15 is 0 Å². The molecule has 0 saturated carbocycles. The van der Waals surface area contributed by atoms with Crippen LogP contribution in [0.1, 0.15) is 22.3 Å². The fourth-order valence-electron chi connectivity index (χ4n) is 2.28. The largest absolute Gasteiger partial charge is 0.492 e. The molecule has 1 heterocycles. The first-order valence-corrected chi connectivity index (χ1v) is 6.45. The highest BCUT2D eigenvalue weighted by molar-refractivity contribution is 6.33. The van der Waals surface area contributed by atoms with Crippen LogP contribution in [0.5, 0.6) is 0 Å². The average molecular weight is 291 g/mol. The van der Waals surface area contributed by atoms with Gasteiger partial charge in [0.15, 0.2) is 0 Å². The molecule has 0 saturated heterocycles. The van der Waals surface area contributed by atoms with Crippen molar-refractivity contribution >= 4 is 11.3 Å². The fraction of sp³-hybridized carbons (Fsp3) is 0. The van der Waals surface area contributed by atoms with Crippen LogP contribution in [-0.2, 0) is 0 Å². The van der Waals surface area contributed by atoms with Crippen LogP contribution < -0.4 is 5.43 Å². The maximum absolute atomic E-state index is 14.2. The van der Waals surface area contributed by atoms with Crippen molar-refractivity contribution < 1.29 is 9.50 Å². The molecule has 1 aliphatic rings. The molecule has 2 aromatic carbocycles. The second-order valence-corrected chi connectivity index (χ2v) is 4.71. The van der Waals surface area contributed by atoms with Crippen LogP contribution in [0, 0.1) is 24.1 Å². The van der Waals surface area contributed by atoms with Crippen LogP contribution in [0.4, 0.5) is 4.39 Å². The van der Waals surface area contributed by atoms with Crippen molar-refractivity contribution in [1.82, 2.24) is 5.43 Å². The smallest absolute Gasteiger partial charge is 0.241 e. The molecule has 0 atom stereocenters. The topological polar surface area (TPSA) is 70.5 Å². The fourth-order valence-corrected chi connectivity index (χ4v) is 2.28. The summed E-state index contributed by atoms with van der Waals surface area (Å²) in [5, 5.41) is 22.7. The molecule has 0 amide bonds. The zero-order chi connectivity index (χ0) is 15.7. The molecule has 3 rings (SSSR count). The molecule has 0 bridgehead atoms. The highest BCUT2D eigenvalue weighted by Gasteiger charge is 2.27. The number of nitriles is 1. The summed E-state index contributed by atoms with van der Waals surface area (Å²) in [4.78, 5) is 0. The van der Waals surface area contributed by atoms with E-state index in [0.29, 0.717) is 16.8 Å². The molecule has 106 valence electrons. The average Bonchev–Trinajstić information content (AvgIpc) is 2.89. The maximum atomic E-state index is 14.2. The number of allylic oxidation sites excluding steroid dienone is 1. The van der Waals surface area contributed by atoms with E-state index in [-0.39, 0.29) is 22.6 Å². The molecule has 0 spiro atoms. The first kappa shape index (κ1) is 13.8. The van der Waals surface area contributed by atoms with Gasteiger partial charge in [-0.1, -0.05) is 24.3 Å². The van der Waals surface area contributed by atoms with Gasteiger partial charge in [0.2, 0.25) is 5.88 Å². The molecule has 1 N–H and O–H groups in total. The zero-order valence-corrected chi connectivity index (χ0v) is 11.4. The summed E-state index contributed by atoms with van der Waals surface area (Å²) in [5.41, 5.74) is 5.88. The lowest BCUT2D eigenvalue weighted by Crippen LogP contribution is -2.06. The van der Waals surface area contributed by atoms with Crippen molar-refractivity contribution in [2.24, 2.45) is 5.10 Å². The first-order chi connectivity index (χ1) is 10.6. The van der Waals surface area contributed by atoms with E-state index in [1.165, 1.54) is 12.1 Å². The van der Waals surface area contributed by atoms with Crippen molar-refractivity contribution in [3.8, 4) is 6.07 Å². The van der Waals surface area contributed by atoms with Crippen LogP contribution in [0.15, 0.2) is 53.4 Å². The van der Waals surface area contributed by atoms with Crippen molar-refractivity contribution in [3.63, 3.8) is 0 Å². The number of nitrogens with zero attached hydrogens (tertiary/aromatic N) is 3. The summed E-state index contributed by atoms with van der Waals surface area (Å²) in [5.74, 6) is -0.978. The first-order valence-electron chi connectivity index (χ1n) is 6.45. The SMILES string of the molecule is [CH2]c1ccccc1C1=N[N]C(O)=C1c1ccc(C#N)cc1F. The molecule has 1 aliphatic heterocycles. The van der Waals surface area contributed by atoms with E-state index in [1.54, 1.807) is 18.2 Å². The van der Waals surface area contributed by atoms with Crippen molar-refractivity contribution in [2.75, 3.05) is 0 Å². The summed E-state index contributed by atoms with van der Waals surface area (Å²) >= 11 is 0. The molecule has 0 aliphatic carbocycles. The molecule has 0 unspecified atom stereocenters. The summed E-state index contributed by atoms with van der Waals surface area (Å²) in [6.07, 6.45) is 0. The Kier molecular flexibility index (Phi) is 3.36. The lowest BCUT2D eigenvalue weighted by atomic mass is 9.93. The molecular formula is C17H10FN3O. The van der Waals surface area contributed by atoms with Gasteiger partial charge in [-0.3, -0.25) is 0 Å². The molecule has 0 aromatic heterocycles. The van der Waals surface area contributed by atoms with Gasteiger partial charge >= 0.3 is 0 Å². The van der Waals surface area contributed by atoms with E-state index in [9.17, 15) is 9.50 Å². The highest BCUT2D eigenvalue weighted by atomic mass is 19.1. The van der Waals surface area contributed by atoms with E-state index in [4.69, 9.17) is 5.26 Å². The van der Waals surface area contributed by atoms with Gasteiger partial charge in [-0.15, -0.1) is 10.5 Å². The lowest BCUT2D eigenvalue weighted by molar-refractivity contribution is 0.372. The minimum Gasteiger partial charge on any atom is -0.492 e. The number of aliphatic hydroxyl groups is 1. The third-order valence-corrected chi connectivity index (χ3v) is 3.35. The van der Waals surface area contributed by atoms with Crippen LogP contribution in [-0.4, -0.2) is 10.8 Å². The summed E-state index contributed by atoms with van der Waals surface area (Å²) in [7, 11) is 0. The highest BCUT2D eigenvalue weighted by Crippen LogP contribution is 2.30. The van der Waals surface area contributed by atoms with Gasteiger partial charge in [0.05, 0.1) is 17.2 Å². The molecular weight excluding hydrogens is 281 g/mol. The number of rotatable bonds is 2. The van der Waals surface area contributed by atoms with Crippen molar-refractivity contribution in [3.05, 3.63) is 83.3 Å². The number of aliphatic hydroxyl groups excluding tert-OH is 1. The Morgan fingerprint density at radius 2 is 1.91 bits per heavy atom. The van der Waals surface area contributed by atoms with Crippen LogP contribution in [0.2, 0.25) is 0 Å². The van der Waals surface area contributed by atoms with Crippen molar-refractivity contribution in [2.45, 2.75) is 0 Å². The Hall–Kier alpha value is -3.13. The minimum absolute atomic E-state index is 0.139. The molecule has 2 aromatic rings. The van der Waals surface area contributed by atoms with E-state index in [1.807, 2.05) is 12.1 Å². The molecule has 5 heteroatoms. The summed E-state index contributed by atoms with van der Waals surface area (Å²) < 4.78 is 14.2. The predicted molar refractivity (Wildman–Crippen MR) is 80.2 cm³/mol. The molecule has 22 heavy (non-hydrogen) atoms. The molecule has 2 radical (unpaired) electrons. The molecule has 0 fully saturated rings. The Labute approximate surface area is 126 Å². The van der Waals surface area contributed by atoms with Crippen LogP contribution >= 0.6 is 0 Å². The van der Waals surface area contributed by atoms with Gasteiger partial charge < -0.3 is 5.11 Å². The van der Waals surface area contributed by atoms with Crippen LogP contribution in [0.25, 0.3) is 5.57 Å². The Bertz CT molecular complexity index is 862. The lowest BCUT2D eigenvalue weighted by Gasteiger charge is -2.10. The quantitative estimate of drug-likeness (QED) is 0.923. The second-order valence-electron chi connectivity index (χ2n) is 4.71. The normalized spacial score (nSPS) is 13.6. The van der Waals surface area contributed by atoms with E-state index in [2.05, 4.69) is 17.5 Å². The van der Waals surface area contributed by atoms with E-state index in [0.717, 1.165) is 6.07 Å². The van der Waals surface area contributed by atoms with E-state index < -0.39 is 5.82 Å². The number of hydrogen-bond donors (Lipinski definition) is 1. The zero-order valence-electron chi connectivity index (χ0n) is 11.4. The van der Waals surface area contributed by atoms with Gasteiger partial charge in [-0.05, 0) is 30.7 Å². The third kappa shape index (κ3) is 2.21. The maximum Gasteiger partial charge on any atom is 0.241 e. The van der Waals surface area contributed by atoms with Crippen LogP contribution in [0.3, 0.4) is 0 Å². The second kappa shape index (κ2) is 5.34. The monoisotopic (exact) mass is 291 g/mol. The van der Waals surface area contributed by atoms with Gasteiger partial charge in [0, 0.05) is 11.1 Å². The van der Waals surface area contributed by atoms with Gasteiger partial charge in [0.25, 0.3) is 0 Å². The Balaban J connectivity index is 2.14. The molecule has 4 nitrogen and oxygen atoms in total. The standard InChI is InChI=1S/C17H10FN3O/c1-10-4-2-3-5-12(10)16-15(17(22)21-20-16)13-7-6-11(9-19)8-14(13)18/h2-8,22H,1H2. The van der Waals surface area contributed by atoms with Gasteiger partial charge in [-0.2, -0.15) is 5.26 Å². The Morgan fingerprint density at radius 3 is 2.59 bits per heavy atom. The van der Waals surface area contributed by atoms with Gasteiger partial charge in [0.1, 0.15) is 11.5 Å². The number of hydrogen-bond acceptors (Lipinski definition) is 3.